The molecule has 1 aliphatic carbocycles. The zero-order valence-electron chi connectivity index (χ0n) is 12.5. The van der Waals surface area contributed by atoms with Crippen molar-refractivity contribution in [2.24, 2.45) is 0 Å². The Balaban J connectivity index is 2.05. The van der Waals surface area contributed by atoms with Crippen LogP contribution < -0.4 is 4.90 Å². The number of benzene rings is 1. The maximum absolute atomic E-state index is 9.50. The number of aromatic nitrogens is 1. The minimum absolute atomic E-state index is 0.532. The molecule has 0 bridgehead atoms. The lowest BCUT2D eigenvalue weighted by Crippen LogP contribution is -2.37. The predicted octanol–water partition coefficient (Wildman–Crippen LogP) is 4.27. The van der Waals surface area contributed by atoms with Gasteiger partial charge in [0.05, 0.1) is 11.1 Å². The van der Waals surface area contributed by atoms with Crippen LogP contribution in [0.2, 0.25) is 0 Å². The van der Waals surface area contributed by atoms with Crippen LogP contribution in [0.5, 0.6) is 0 Å². The van der Waals surface area contributed by atoms with Crippen LogP contribution in [0.3, 0.4) is 0 Å². The van der Waals surface area contributed by atoms with E-state index in [9.17, 15) is 5.26 Å². The van der Waals surface area contributed by atoms with E-state index in [1.54, 1.807) is 0 Å². The second-order valence-corrected chi connectivity index (χ2v) is 5.74. The smallest absolute Gasteiger partial charge is 0.147 e. The Morgan fingerprint density at radius 3 is 2.71 bits per heavy atom. The highest BCUT2D eigenvalue weighted by molar-refractivity contribution is 5.83. The van der Waals surface area contributed by atoms with Gasteiger partial charge < -0.3 is 4.90 Å². The maximum Gasteiger partial charge on any atom is 0.147 e. The van der Waals surface area contributed by atoms with Gasteiger partial charge in [-0.15, -0.1) is 0 Å². The third-order valence-electron chi connectivity index (χ3n) is 4.45. The summed E-state index contributed by atoms with van der Waals surface area (Å²) in [6, 6.07) is 12.9. The van der Waals surface area contributed by atoms with Gasteiger partial charge >= 0.3 is 0 Å². The summed E-state index contributed by atoms with van der Waals surface area (Å²) >= 11 is 0. The molecule has 1 aliphatic rings. The number of hydrogen-bond donors (Lipinski definition) is 0. The molecule has 1 aromatic heterocycles. The summed E-state index contributed by atoms with van der Waals surface area (Å²) in [6.07, 6.45) is 6.35. The number of nitriles is 1. The largest absolute Gasteiger partial charge is 0.353 e. The first-order valence-corrected chi connectivity index (χ1v) is 7.90. The van der Waals surface area contributed by atoms with E-state index in [2.05, 4.69) is 17.9 Å². The van der Waals surface area contributed by atoms with Crippen molar-refractivity contribution in [3.05, 3.63) is 35.9 Å². The van der Waals surface area contributed by atoms with Gasteiger partial charge in [0, 0.05) is 18.0 Å². The second-order valence-electron chi connectivity index (χ2n) is 5.74. The second kappa shape index (κ2) is 6.13. The molecule has 3 rings (SSSR count). The molecule has 0 aliphatic heterocycles. The topological polar surface area (TPSA) is 39.9 Å². The normalized spacial score (nSPS) is 15.8. The van der Waals surface area contributed by atoms with Crippen LogP contribution in [0, 0.1) is 11.3 Å². The standard InChI is InChI=1S/C18H21N3/c1-2-21(16-9-4-3-5-10-16)18-15(13-19)12-14-8-6-7-11-17(14)20-18/h6-8,11-12,16H,2-5,9-10H2,1H3. The quantitative estimate of drug-likeness (QED) is 0.842. The summed E-state index contributed by atoms with van der Waals surface area (Å²) in [4.78, 5) is 7.13. The van der Waals surface area contributed by atoms with Gasteiger partial charge in [-0.1, -0.05) is 37.5 Å². The van der Waals surface area contributed by atoms with E-state index in [-0.39, 0.29) is 0 Å². The Hall–Kier alpha value is -2.08. The fraction of sp³-hybridized carbons (Fsp3) is 0.444. The number of rotatable bonds is 3. The van der Waals surface area contributed by atoms with E-state index in [1.165, 1.54) is 32.1 Å². The molecule has 0 spiro atoms. The van der Waals surface area contributed by atoms with E-state index in [4.69, 9.17) is 4.98 Å². The first kappa shape index (κ1) is 13.9. The summed E-state index contributed by atoms with van der Waals surface area (Å²) < 4.78 is 0. The molecule has 3 nitrogen and oxygen atoms in total. The van der Waals surface area contributed by atoms with Gasteiger partial charge in [-0.2, -0.15) is 5.26 Å². The summed E-state index contributed by atoms with van der Waals surface area (Å²) in [5.41, 5.74) is 1.67. The molecule has 1 fully saturated rings. The molecule has 21 heavy (non-hydrogen) atoms. The Morgan fingerprint density at radius 2 is 2.00 bits per heavy atom. The number of fused-ring (bicyclic) bond motifs is 1. The highest BCUT2D eigenvalue weighted by atomic mass is 15.2. The van der Waals surface area contributed by atoms with Crippen molar-refractivity contribution < 1.29 is 0 Å². The summed E-state index contributed by atoms with van der Waals surface area (Å²) in [5.74, 6) is 0.866. The highest BCUT2D eigenvalue weighted by Crippen LogP contribution is 2.29. The van der Waals surface area contributed by atoms with Crippen molar-refractivity contribution >= 4 is 16.7 Å². The Morgan fingerprint density at radius 1 is 1.24 bits per heavy atom. The molecule has 0 saturated heterocycles. The van der Waals surface area contributed by atoms with Crippen LogP contribution in [-0.2, 0) is 0 Å². The third-order valence-corrected chi connectivity index (χ3v) is 4.45. The van der Waals surface area contributed by atoms with Gasteiger partial charge in [0.2, 0.25) is 0 Å². The molecule has 0 unspecified atom stereocenters. The molecule has 0 atom stereocenters. The average Bonchev–Trinajstić information content (AvgIpc) is 2.56. The number of anilines is 1. The van der Waals surface area contributed by atoms with Crippen molar-refractivity contribution in [1.29, 1.82) is 5.26 Å². The van der Waals surface area contributed by atoms with Gasteiger partial charge in [0.15, 0.2) is 0 Å². The van der Waals surface area contributed by atoms with Crippen molar-refractivity contribution in [1.82, 2.24) is 4.98 Å². The van der Waals surface area contributed by atoms with Crippen LogP contribution in [0.25, 0.3) is 10.9 Å². The van der Waals surface area contributed by atoms with Crippen molar-refractivity contribution in [3.8, 4) is 6.07 Å². The summed E-state index contributed by atoms with van der Waals surface area (Å²) in [5, 5.41) is 10.5. The molecule has 2 aromatic rings. The van der Waals surface area contributed by atoms with Crippen molar-refractivity contribution in [2.75, 3.05) is 11.4 Å². The van der Waals surface area contributed by atoms with Gasteiger partial charge in [-0.05, 0) is 31.9 Å². The van der Waals surface area contributed by atoms with Crippen LogP contribution in [0.15, 0.2) is 30.3 Å². The Labute approximate surface area is 126 Å². The SMILES string of the molecule is CCN(c1nc2ccccc2cc1C#N)C1CCCCC1. The molecule has 108 valence electrons. The lowest BCUT2D eigenvalue weighted by molar-refractivity contribution is 0.416. The van der Waals surface area contributed by atoms with Crippen LogP contribution >= 0.6 is 0 Å². The van der Waals surface area contributed by atoms with E-state index in [0.717, 1.165) is 23.3 Å². The Bertz CT molecular complexity index is 666. The fourth-order valence-electron chi connectivity index (χ4n) is 3.38. The molecule has 1 aromatic carbocycles. The zero-order valence-corrected chi connectivity index (χ0v) is 12.5. The highest BCUT2D eigenvalue weighted by Gasteiger charge is 2.23. The first-order chi connectivity index (χ1) is 10.3. The molecule has 0 N–H and O–H groups in total. The molecule has 3 heteroatoms. The zero-order chi connectivity index (χ0) is 14.7. The minimum Gasteiger partial charge on any atom is -0.353 e. The monoisotopic (exact) mass is 279 g/mol. The number of nitrogens with zero attached hydrogens (tertiary/aromatic N) is 3. The minimum atomic E-state index is 0.532. The Kier molecular flexibility index (Phi) is 4.06. The van der Waals surface area contributed by atoms with Gasteiger partial charge in [-0.3, -0.25) is 0 Å². The molecule has 0 amide bonds. The van der Waals surface area contributed by atoms with E-state index in [1.807, 2.05) is 30.3 Å². The first-order valence-electron chi connectivity index (χ1n) is 7.90. The molecular formula is C18H21N3. The number of hydrogen-bond acceptors (Lipinski definition) is 3. The van der Waals surface area contributed by atoms with E-state index in [0.29, 0.717) is 11.6 Å². The maximum atomic E-state index is 9.50. The van der Waals surface area contributed by atoms with Gasteiger partial charge in [-0.25, -0.2) is 4.98 Å². The molecule has 1 saturated carbocycles. The van der Waals surface area contributed by atoms with E-state index >= 15 is 0 Å². The fourth-order valence-corrected chi connectivity index (χ4v) is 3.38. The third kappa shape index (κ3) is 2.71. The van der Waals surface area contributed by atoms with Crippen molar-refractivity contribution in [3.63, 3.8) is 0 Å². The van der Waals surface area contributed by atoms with Crippen LogP contribution in [0.1, 0.15) is 44.6 Å². The van der Waals surface area contributed by atoms with Gasteiger partial charge in [0.25, 0.3) is 0 Å². The summed E-state index contributed by atoms with van der Waals surface area (Å²) in [6.45, 7) is 3.07. The molecule has 1 heterocycles. The van der Waals surface area contributed by atoms with E-state index < -0.39 is 0 Å². The lowest BCUT2D eigenvalue weighted by atomic mass is 9.94. The predicted molar refractivity (Wildman–Crippen MR) is 86.4 cm³/mol. The average molecular weight is 279 g/mol. The van der Waals surface area contributed by atoms with Gasteiger partial charge in [0.1, 0.15) is 11.9 Å². The van der Waals surface area contributed by atoms with Crippen LogP contribution in [-0.4, -0.2) is 17.6 Å². The number of pyridine rings is 1. The number of para-hydroxylation sites is 1. The van der Waals surface area contributed by atoms with Crippen molar-refractivity contribution in [2.45, 2.75) is 45.1 Å². The molecule has 0 radical (unpaired) electrons. The molecular weight excluding hydrogens is 258 g/mol. The summed E-state index contributed by atoms with van der Waals surface area (Å²) in [7, 11) is 0. The van der Waals surface area contributed by atoms with Crippen LogP contribution in [0.4, 0.5) is 5.82 Å². The lowest BCUT2D eigenvalue weighted by Gasteiger charge is -2.35.